The maximum absolute atomic E-state index is 11.7. The monoisotopic (exact) mass is 307 g/mol. The molecule has 0 saturated heterocycles. The molecule has 1 saturated carbocycles. The molecule has 1 fully saturated rings. The summed E-state index contributed by atoms with van der Waals surface area (Å²) in [4.78, 5) is 17.1. The Balaban J connectivity index is 1.57. The molecule has 1 aliphatic carbocycles. The summed E-state index contributed by atoms with van der Waals surface area (Å²) in [6.45, 7) is 7.45. The predicted octanol–water partition coefficient (Wildman–Crippen LogP) is 2.03. The highest BCUT2D eigenvalue weighted by molar-refractivity contribution is 7.20. The Morgan fingerprint density at radius 2 is 2.24 bits per heavy atom. The number of imidazole rings is 1. The number of nitrogens with one attached hydrogen (secondary N) is 2. The molecule has 0 spiro atoms. The molecule has 0 aromatic carbocycles. The molecule has 2 N–H and O–H groups in total. The molecule has 6 nitrogen and oxygen atoms in total. The summed E-state index contributed by atoms with van der Waals surface area (Å²) in [5.74, 6) is 0.720. The van der Waals surface area contributed by atoms with E-state index in [1.807, 2.05) is 6.20 Å². The third-order valence-corrected chi connectivity index (χ3v) is 4.38. The molecule has 1 amide bonds. The van der Waals surface area contributed by atoms with Crippen molar-refractivity contribution < 1.29 is 4.79 Å². The minimum atomic E-state index is 0.0176. The van der Waals surface area contributed by atoms with Crippen LogP contribution in [0, 0.1) is 5.92 Å². The minimum absolute atomic E-state index is 0.0176. The second-order valence-electron chi connectivity index (χ2n) is 6.61. The van der Waals surface area contributed by atoms with E-state index >= 15 is 0 Å². The molecule has 7 heteroatoms. The lowest BCUT2D eigenvalue weighted by Crippen LogP contribution is -2.31. The molecule has 0 bridgehead atoms. The summed E-state index contributed by atoms with van der Waals surface area (Å²) in [5.41, 5.74) is 1.04. The number of carbonyl (C=O) groups is 1. The van der Waals surface area contributed by atoms with E-state index in [2.05, 4.69) is 41.5 Å². The van der Waals surface area contributed by atoms with Gasteiger partial charge in [-0.15, -0.1) is 5.10 Å². The Labute approximate surface area is 128 Å². The van der Waals surface area contributed by atoms with Gasteiger partial charge in [0.2, 0.25) is 16.0 Å². The van der Waals surface area contributed by atoms with Crippen LogP contribution < -0.4 is 10.6 Å². The topological polar surface area (TPSA) is 71.3 Å². The lowest BCUT2D eigenvalue weighted by molar-refractivity contribution is -0.119. The van der Waals surface area contributed by atoms with E-state index in [0.29, 0.717) is 5.92 Å². The van der Waals surface area contributed by atoms with Crippen molar-refractivity contribution in [2.75, 3.05) is 18.4 Å². The molecule has 2 aromatic rings. The van der Waals surface area contributed by atoms with Gasteiger partial charge in [0.15, 0.2) is 0 Å². The number of fused-ring (bicyclic) bond motifs is 1. The quantitative estimate of drug-likeness (QED) is 0.886. The number of hydrogen-bond acceptors (Lipinski definition) is 5. The van der Waals surface area contributed by atoms with E-state index in [9.17, 15) is 4.79 Å². The fraction of sp³-hybridized carbons (Fsp3) is 0.643. The zero-order chi connectivity index (χ0) is 15.0. The largest absolute Gasteiger partial charge is 0.354 e. The summed E-state index contributed by atoms with van der Waals surface area (Å²) < 4.78 is 1.77. The Hall–Kier alpha value is -1.63. The zero-order valence-electron chi connectivity index (χ0n) is 12.6. The number of anilines is 1. The van der Waals surface area contributed by atoms with E-state index in [0.717, 1.165) is 22.3 Å². The smallest absolute Gasteiger partial charge is 0.239 e. The molecule has 114 valence electrons. The minimum Gasteiger partial charge on any atom is -0.354 e. The van der Waals surface area contributed by atoms with Crippen LogP contribution in [0.1, 0.15) is 39.3 Å². The standard InChI is InChI=1S/C14H21N5OS/c1-14(2,3)10-8-19-13(17-10)21-12(18-19)16-7-11(20)15-6-9-4-5-9/h8-9H,4-7H2,1-3H3,(H,15,20)(H,16,18). The van der Waals surface area contributed by atoms with Crippen molar-refractivity contribution in [3.63, 3.8) is 0 Å². The number of rotatable bonds is 5. The molecule has 0 unspecified atom stereocenters. The van der Waals surface area contributed by atoms with Gasteiger partial charge in [0.05, 0.1) is 18.4 Å². The van der Waals surface area contributed by atoms with Crippen LogP contribution in [0.4, 0.5) is 5.13 Å². The average Bonchev–Trinajstić information content (AvgIpc) is 3.00. The first-order valence-electron chi connectivity index (χ1n) is 7.29. The van der Waals surface area contributed by atoms with Gasteiger partial charge in [-0.1, -0.05) is 32.1 Å². The zero-order valence-corrected chi connectivity index (χ0v) is 13.5. The molecule has 21 heavy (non-hydrogen) atoms. The van der Waals surface area contributed by atoms with Crippen LogP contribution in [-0.4, -0.2) is 33.6 Å². The molecule has 3 rings (SSSR count). The Morgan fingerprint density at radius 3 is 2.86 bits per heavy atom. The average molecular weight is 307 g/mol. The fourth-order valence-corrected chi connectivity index (χ4v) is 2.71. The van der Waals surface area contributed by atoms with Crippen molar-refractivity contribution in [3.8, 4) is 0 Å². The maximum atomic E-state index is 11.7. The van der Waals surface area contributed by atoms with Crippen molar-refractivity contribution in [1.82, 2.24) is 19.9 Å². The number of hydrogen-bond donors (Lipinski definition) is 2. The molecule has 0 atom stereocenters. The Kier molecular flexibility index (Phi) is 3.61. The van der Waals surface area contributed by atoms with Crippen LogP contribution in [-0.2, 0) is 10.2 Å². The Morgan fingerprint density at radius 1 is 1.48 bits per heavy atom. The molecular weight excluding hydrogens is 286 g/mol. The van der Waals surface area contributed by atoms with Crippen molar-refractivity contribution in [2.24, 2.45) is 5.92 Å². The lowest BCUT2D eigenvalue weighted by atomic mass is 9.93. The van der Waals surface area contributed by atoms with Gasteiger partial charge in [-0.25, -0.2) is 9.50 Å². The fourth-order valence-electron chi connectivity index (χ4n) is 1.93. The van der Waals surface area contributed by atoms with Crippen LogP contribution in [0.2, 0.25) is 0 Å². The Bertz CT molecular complexity index is 618. The van der Waals surface area contributed by atoms with E-state index in [4.69, 9.17) is 0 Å². The van der Waals surface area contributed by atoms with Gasteiger partial charge < -0.3 is 10.6 Å². The normalized spacial score (nSPS) is 15.4. The summed E-state index contributed by atoms with van der Waals surface area (Å²) in [7, 11) is 0. The first-order valence-corrected chi connectivity index (χ1v) is 8.11. The molecular formula is C14H21N5OS. The van der Waals surface area contributed by atoms with Crippen LogP contribution >= 0.6 is 11.3 Å². The van der Waals surface area contributed by atoms with Gasteiger partial charge >= 0.3 is 0 Å². The molecule has 2 heterocycles. The van der Waals surface area contributed by atoms with Crippen molar-refractivity contribution in [1.29, 1.82) is 0 Å². The molecule has 1 aliphatic rings. The third-order valence-electron chi connectivity index (χ3n) is 3.50. The van der Waals surface area contributed by atoms with Gasteiger partial charge in [0.1, 0.15) is 0 Å². The summed E-state index contributed by atoms with van der Waals surface area (Å²) >= 11 is 1.46. The summed E-state index contributed by atoms with van der Waals surface area (Å²) in [6, 6.07) is 0. The highest BCUT2D eigenvalue weighted by Gasteiger charge is 2.22. The van der Waals surface area contributed by atoms with E-state index in [-0.39, 0.29) is 17.9 Å². The van der Waals surface area contributed by atoms with Gasteiger partial charge in [-0.2, -0.15) is 0 Å². The number of carbonyl (C=O) groups excluding carboxylic acids is 1. The van der Waals surface area contributed by atoms with Gasteiger partial charge in [0, 0.05) is 12.0 Å². The van der Waals surface area contributed by atoms with Crippen LogP contribution in [0.15, 0.2) is 6.20 Å². The first kappa shape index (κ1) is 14.3. The van der Waals surface area contributed by atoms with Crippen molar-refractivity contribution >= 4 is 27.3 Å². The second-order valence-corrected chi connectivity index (χ2v) is 7.57. The van der Waals surface area contributed by atoms with E-state index in [1.165, 1.54) is 24.2 Å². The second kappa shape index (κ2) is 5.29. The predicted molar refractivity (Wildman–Crippen MR) is 83.8 cm³/mol. The van der Waals surface area contributed by atoms with Crippen LogP contribution in [0.3, 0.4) is 0 Å². The van der Waals surface area contributed by atoms with E-state index < -0.39 is 0 Å². The summed E-state index contributed by atoms with van der Waals surface area (Å²) in [6.07, 6.45) is 4.44. The van der Waals surface area contributed by atoms with Gasteiger partial charge in [-0.3, -0.25) is 4.79 Å². The lowest BCUT2D eigenvalue weighted by Gasteiger charge is -2.13. The van der Waals surface area contributed by atoms with Crippen LogP contribution in [0.25, 0.3) is 4.96 Å². The highest BCUT2D eigenvalue weighted by atomic mass is 32.1. The first-order chi connectivity index (χ1) is 9.91. The SMILES string of the molecule is CC(C)(C)c1cn2nc(NCC(=O)NCC3CC3)sc2n1. The number of nitrogens with zero attached hydrogens (tertiary/aromatic N) is 3. The number of aromatic nitrogens is 3. The van der Waals surface area contributed by atoms with Gasteiger partial charge in [0.25, 0.3) is 0 Å². The van der Waals surface area contributed by atoms with Crippen molar-refractivity contribution in [3.05, 3.63) is 11.9 Å². The van der Waals surface area contributed by atoms with Gasteiger partial charge in [-0.05, 0) is 18.8 Å². The van der Waals surface area contributed by atoms with Crippen molar-refractivity contribution in [2.45, 2.75) is 39.0 Å². The van der Waals surface area contributed by atoms with Crippen LogP contribution in [0.5, 0.6) is 0 Å². The molecule has 2 aromatic heterocycles. The summed E-state index contributed by atoms with van der Waals surface area (Å²) in [5, 5.41) is 11.1. The maximum Gasteiger partial charge on any atom is 0.239 e. The molecule has 0 aliphatic heterocycles. The highest BCUT2D eigenvalue weighted by Crippen LogP contribution is 2.27. The number of amides is 1. The van der Waals surface area contributed by atoms with E-state index in [1.54, 1.807) is 4.52 Å². The third kappa shape index (κ3) is 3.53. The molecule has 0 radical (unpaired) electrons.